The van der Waals surface area contributed by atoms with E-state index in [0.717, 1.165) is 5.76 Å². The Morgan fingerprint density at radius 3 is 2.81 bits per heavy atom. The van der Waals surface area contributed by atoms with Gasteiger partial charge in [0.25, 0.3) is 11.1 Å². The lowest BCUT2D eigenvalue weighted by Gasteiger charge is -2.14. The first-order chi connectivity index (χ1) is 12.6. The van der Waals surface area contributed by atoms with E-state index in [1.54, 1.807) is 48.5 Å². The van der Waals surface area contributed by atoms with Crippen LogP contribution in [0, 0.1) is 0 Å². The first kappa shape index (κ1) is 18.3. The van der Waals surface area contributed by atoms with E-state index >= 15 is 0 Å². The van der Waals surface area contributed by atoms with Gasteiger partial charge in [-0.25, -0.2) is 0 Å². The van der Waals surface area contributed by atoms with Crippen LogP contribution in [0.4, 0.5) is 0 Å². The molecular formula is C17H16ClN3O4S. The van der Waals surface area contributed by atoms with E-state index in [1.165, 1.54) is 11.8 Å². The molecule has 0 N–H and O–H groups in total. The maximum atomic E-state index is 12.1. The molecule has 0 atom stereocenters. The number of hydrogen-bond acceptors (Lipinski definition) is 7. The Kier molecular flexibility index (Phi) is 6.19. The number of halogens is 1. The third-order valence-corrected chi connectivity index (χ3v) is 4.40. The highest BCUT2D eigenvalue weighted by Crippen LogP contribution is 2.19. The molecule has 0 saturated heterocycles. The van der Waals surface area contributed by atoms with Gasteiger partial charge in [-0.2, -0.15) is 0 Å². The van der Waals surface area contributed by atoms with Crippen LogP contribution in [0.5, 0.6) is 5.75 Å². The Morgan fingerprint density at radius 2 is 2.08 bits per heavy atom. The van der Waals surface area contributed by atoms with E-state index in [0.29, 0.717) is 28.4 Å². The zero-order valence-electron chi connectivity index (χ0n) is 13.9. The fraction of sp³-hybridized carbons (Fsp3) is 0.235. The number of amides is 1. The quantitative estimate of drug-likeness (QED) is 0.540. The van der Waals surface area contributed by atoms with Gasteiger partial charge in [0.1, 0.15) is 11.5 Å². The third-order valence-electron chi connectivity index (χ3n) is 3.34. The van der Waals surface area contributed by atoms with Gasteiger partial charge in [0.05, 0.1) is 18.6 Å². The molecule has 0 aliphatic heterocycles. The van der Waals surface area contributed by atoms with Crippen LogP contribution in [0.2, 0.25) is 5.02 Å². The number of aromatic nitrogens is 2. The number of rotatable bonds is 8. The first-order valence-corrected chi connectivity index (χ1v) is 9.06. The number of hydrogen-bond donors (Lipinski definition) is 0. The highest BCUT2D eigenvalue weighted by molar-refractivity contribution is 7.99. The lowest BCUT2D eigenvalue weighted by Crippen LogP contribution is -2.27. The van der Waals surface area contributed by atoms with Crippen LogP contribution in [-0.2, 0) is 17.9 Å². The van der Waals surface area contributed by atoms with Gasteiger partial charge in [0.2, 0.25) is 5.91 Å². The second kappa shape index (κ2) is 8.77. The van der Waals surface area contributed by atoms with E-state index in [2.05, 4.69) is 10.2 Å². The fourth-order valence-corrected chi connectivity index (χ4v) is 2.84. The van der Waals surface area contributed by atoms with Crippen molar-refractivity contribution in [2.24, 2.45) is 0 Å². The minimum atomic E-state index is -0.0661. The Balaban J connectivity index is 1.44. The molecule has 0 saturated carbocycles. The van der Waals surface area contributed by atoms with Gasteiger partial charge >= 0.3 is 0 Å². The number of carbonyl (C=O) groups is 1. The molecule has 0 aliphatic carbocycles. The lowest BCUT2D eigenvalue weighted by atomic mass is 10.3. The molecule has 2 heterocycles. The smallest absolute Gasteiger partial charge is 0.277 e. The zero-order valence-corrected chi connectivity index (χ0v) is 15.5. The molecule has 9 heteroatoms. The summed E-state index contributed by atoms with van der Waals surface area (Å²) in [4.78, 5) is 13.7. The molecule has 0 radical (unpaired) electrons. The maximum Gasteiger partial charge on any atom is 0.277 e. The van der Waals surface area contributed by atoms with Crippen LogP contribution < -0.4 is 4.74 Å². The van der Waals surface area contributed by atoms with Gasteiger partial charge < -0.3 is 18.5 Å². The molecule has 2 aromatic heterocycles. The molecule has 3 rings (SSSR count). The molecule has 26 heavy (non-hydrogen) atoms. The molecule has 1 amide bonds. The summed E-state index contributed by atoms with van der Waals surface area (Å²) in [6, 6.07) is 10.6. The summed E-state index contributed by atoms with van der Waals surface area (Å²) in [7, 11) is 1.71. The minimum Gasteiger partial charge on any atom is -0.484 e. The van der Waals surface area contributed by atoms with E-state index in [9.17, 15) is 4.79 Å². The summed E-state index contributed by atoms with van der Waals surface area (Å²) in [5, 5.41) is 8.76. The molecule has 0 aliphatic rings. The van der Waals surface area contributed by atoms with E-state index in [-0.39, 0.29) is 18.3 Å². The summed E-state index contributed by atoms with van der Waals surface area (Å²) in [5.41, 5.74) is 0. The summed E-state index contributed by atoms with van der Waals surface area (Å²) in [5.74, 6) is 1.83. The number of carbonyl (C=O) groups excluding carboxylic acids is 1. The lowest BCUT2D eigenvalue weighted by molar-refractivity contribution is -0.127. The van der Waals surface area contributed by atoms with Gasteiger partial charge in [-0.15, -0.1) is 10.2 Å². The monoisotopic (exact) mass is 393 g/mol. The van der Waals surface area contributed by atoms with Gasteiger partial charge in [-0.05, 0) is 36.4 Å². The van der Waals surface area contributed by atoms with Crippen LogP contribution >= 0.6 is 23.4 Å². The number of ether oxygens (including phenoxy) is 1. The number of nitrogens with zero attached hydrogens (tertiary/aromatic N) is 3. The van der Waals surface area contributed by atoms with Crippen molar-refractivity contribution in [3.05, 3.63) is 59.3 Å². The normalized spacial score (nSPS) is 10.7. The SMILES string of the molecule is CN(Cc1ccco1)C(=O)CSc1nnc(COc2ccc(Cl)cc2)o1. The average Bonchev–Trinajstić information content (AvgIpc) is 3.31. The standard InChI is InChI=1S/C17H16ClN3O4S/c1-21(9-14-3-2-8-23-14)16(22)11-26-17-20-19-15(25-17)10-24-13-6-4-12(18)5-7-13/h2-8H,9-11H2,1H3. The fourth-order valence-electron chi connectivity index (χ4n) is 1.99. The molecule has 7 nitrogen and oxygen atoms in total. The van der Waals surface area contributed by atoms with Crippen molar-refractivity contribution in [3.8, 4) is 5.75 Å². The Hall–Kier alpha value is -2.45. The first-order valence-electron chi connectivity index (χ1n) is 7.70. The maximum absolute atomic E-state index is 12.1. The van der Waals surface area contributed by atoms with Gasteiger partial charge in [-0.3, -0.25) is 4.79 Å². The highest BCUT2D eigenvalue weighted by atomic mass is 35.5. The van der Waals surface area contributed by atoms with E-state index < -0.39 is 0 Å². The van der Waals surface area contributed by atoms with Crippen LogP contribution in [0.3, 0.4) is 0 Å². The molecule has 3 aromatic rings. The van der Waals surface area contributed by atoms with Crippen LogP contribution in [0.25, 0.3) is 0 Å². The van der Waals surface area contributed by atoms with Crippen LogP contribution in [-0.4, -0.2) is 33.8 Å². The van der Waals surface area contributed by atoms with E-state index in [1.807, 2.05) is 6.07 Å². The Morgan fingerprint density at radius 1 is 1.27 bits per heavy atom. The van der Waals surface area contributed by atoms with Crippen molar-refractivity contribution < 1.29 is 18.4 Å². The minimum absolute atomic E-state index is 0.0661. The van der Waals surface area contributed by atoms with Crippen molar-refractivity contribution in [2.75, 3.05) is 12.8 Å². The van der Waals surface area contributed by atoms with Crippen LogP contribution in [0.1, 0.15) is 11.7 Å². The van der Waals surface area contributed by atoms with Gasteiger partial charge in [0.15, 0.2) is 6.61 Å². The summed E-state index contributed by atoms with van der Waals surface area (Å²) in [6.45, 7) is 0.554. The molecule has 136 valence electrons. The van der Waals surface area contributed by atoms with Crippen LogP contribution in [0.15, 0.2) is 56.7 Å². The second-order valence-electron chi connectivity index (χ2n) is 5.32. The summed E-state index contributed by atoms with van der Waals surface area (Å²) < 4.78 is 16.2. The topological polar surface area (TPSA) is 81.6 Å². The van der Waals surface area contributed by atoms with Gasteiger partial charge in [-0.1, -0.05) is 23.4 Å². The Labute approximate surface area is 159 Å². The predicted molar refractivity (Wildman–Crippen MR) is 96.0 cm³/mol. The van der Waals surface area contributed by atoms with Crippen molar-refractivity contribution >= 4 is 29.3 Å². The number of thioether (sulfide) groups is 1. The second-order valence-corrected chi connectivity index (χ2v) is 6.69. The summed E-state index contributed by atoms with van der Waals surface area (Å²) >= 11 is 7.00. The van der Waals surface area contributed by atoms with Crippen molar-refractivity contribution in [3.63, 3.8) is 0 Å². The Bertz CT molecular complexity index is 836. The summed E-state index contributed by atoms with van der Waals surface area (Å²) in [6.07, 6.45) is 1.58. The van der Waals surface area contributed by atoms with E-state index in [4.69, 9.17) is 25.2 Å². The molecular weight excluding hydrogens is 378 g/mol. The van der Waals surface area contributed by atoms with Crippen molar-refractivity contribution in [2.45, 2.75) is 18.4 Å². The van der Waals surface area contributed by atoms with Crippen molar-refractivity contribution in [1.29, 1.82) is 0 Å². The average molecular weight is 394 g/mol. The van der Waals surface area contributed by atoms with Crippen molar-refractivity contribution in [1.82, 2.24) is 15.1 Å². The largest absolute Gasteiger partial charge is 0.484 e. The molecule has 1 aromatic carbocycles. The zero-order chi connectivity index (χ0) is 18.4. The third kappa shape index (κ3) is 5.27. The molecule has 0 bridgehead atoms. The molecule has 0 fully saturated rings. The highest BCUT2D eigenvalue weighted by Gasteiger charge is 2.14. The molecule has 0 unspecified atom stereocenters. The number of furan rings is 1. The van der Waals surface area contributed by atoms with Gasteiger partial charge in [0, 0.05) is 12.1 Å². The number of benzene rings is 1. The predicted octanol–water partition coefficient (Wildman–Crippen LogP) is 3.65. The molecule has 0 spiro atoms.